The van der Waals surface area contributed by atoms with Crippen LogP contribution in [0.1, 0.15) is 11.1 Å². The number of benzene rings is 2. The molecule has 0 aromatic heterocycles. The fourth-order valence-corrected chi connectivity index (χ4v) is 5.89. The van der Waals surface area contributed by atoms with Crippen molar-refractivity contribution in [3.05, 3.63) is 57.6 Å². The van der Waals surface area contributed by atoms with E-state index in [4.69, 9.17) is 4.74 Å². The third kappa shape index (κ3) is 2.39. The molecule has 1 spiro atoms. The number of ether oxygens (including phenoxy) is 1. The van der Waals surface area contributed by atoms with Gasteiger partial charge in [0, 0.05) is 0 Å². The Morgan fingerprint density at radius 1 is 1.32 bits per heavy atom. The van der Waals surface area contributed by atoms with E-state index >= 15 is 0 Å². The molecule has 0 bridgehead atoms. The van der Waals surface area contributed by atoms with Gasteiger partial charge in [0.15, 0.2) is 0 Å². The molecule has 0 amide bonds. The van der Waals surface area contributed by atoms with Gasteiger partial charge in [-0.1, -0.05) is 0 Å². The molecule has 0 saturated heterocycles. The van der Waals surface area contributed by atoms with E-state index in [1.807, 2.05) is 26.2 Å². The van der Waals surface area contributed by atoms with Gasteiger partial charge in [0.1, 0.15) is 0 Å². The van der Waals surface area contributed by atoms with Crippen molar-refractivity contribution in [2.75, 3.05) is 24.3 Å². The van der Waals surface area contributed by atoms with Crippen LogP contribution in [0.25, 0.3) is 6.08 Å². The molecule has 1 unspecified atom stereocenters. The van der Waals surface area contributed by atoms with Gasteiger partial charge >= 0.3 is 151 Å². The number of hydrogen-bond donors (Lipinski definition) is 1. The summed E-state index contributed by atoms with van der Waals surface area (Å²) in [6.45, 7) is 2.09. The standard InChI is InChI=1S/C18H17N3O3Se/c1-11-8-15-17(10-14(11)19-2)25-18(20(15)3)7-6-12-9-13(21(22)23)4-5-16(12)24-18/h4-10,19H,1-3H3. The topological polar surface area (TPSA) is 67.6 Å². The molecule has 1 N–H and O–H groups in total. The van der Waals surface area contributed by atoms with Crippen LogP contribution in [0.15, 0.2) is 36.4 Å². The molecule has 25 heavy (non-hydrogen) atoms. The average Bonchev–Trinajstić information content (AvgIpc) is 2.85. The Labute approximate surface area is 151 Å². The molecule has 1 atom stereocenters. The Kier molecular flexibility index (Phi) is 3.52. The first kappa shape index (κ1) is 16.0. The van der Waals surface area contributed by atoms with Crippen molar-refractivity contribution in [2.24, 2.45) is 0 Å². The van der Waals surface area contributed by atoms with E-state index in [9.17, 15) is 10.1 Å². The molecule has 0 fully saturated rings. The van der Waals surface area contributed by atoms with Crippen LogP contribution in [0, 0.1) is 17.0 Å². The predicted octanol–water partition coefficient (Wildman–Crippen LogP) is 2.48. The summed E-state index contributed by atoms with van der Waals surface area (Å²) >= 11 is 0.0480. The summed E-state index contributed by atoms with van der Waals surface area (Å²) in [5.41, 5.74) is 4.31. The van der Waals surface area contributed by atoms with Crippen molar-refractivity contribution in [1.29, 1.82) is 0 Å². The summed E-state index contributed by atoms with van der Waals surface area (Å²) in [5, 5.41) is 14.2. The summed E-state index contributed by atoms with van der Waals surface area (Å²) in [5.74, 6) is 0.681. The van der Waals surface area contributed by atoms with E-state index in [0.29, 0.717) is 5.75 Å². The number of fused-ring (bicyclic) bond motifs is 2. The fraction of sp³-hybridized carbons (Fsp3) is 0.222. The molecular formula is C18H17N3O3Se. The monoisotopic (exact) mass is 403 g/mol. The zero-order chi connectivity index (χ0) is 17.8. The second kappa shape index (κ2) is 5.51. The maximum atomic E-state index is 11.0. The molecule has 0 saturated carbocycles. The first-order valence-corrected chi connectivity index (χ1v) is 9.57. The van der Waals surface area contributed by atoms with Crippen molar-refractivity contribution >= 4 is 42.6 Å². The number of non-ortho nitro benzene ring substituents is 1. The minimum atomic E-state index is -0.530. The molecule has 2 aromatic carbocycles. The van der Waals surface area contributed by atoms with E-state index in [1.165, 1.54) is 21.8 Å². The van der Waals surface area contributed by atoms with Crippen LogP contribution in [0.3, 0.4) is 0 Å². The van der Waals surface area contributed by atoms with Crippen LogP contribution in [0.5, 0.6) is 5.75 Å². The van der Waals surface area contributed by atoms with E-state index in [-0.39, 0.29) is 25.6 Å². The van der Waals surface area contributed by atoms with Crippen molar-refractivity contribution in [3.8, 4) is 5.75 Å². The van der Waals surface area contributed by atoms with Crippen LogP contribution >= 0.6 is 0 Å². The number of aryl methyl sites for hydroxylation is 1. The van der Waals surface area contributed by atoms with Gasteiger partial charge in [0.05, 0.1) is 0 Å². The Bertz CT molecular complexity index is 928. The number of likely N-dealkylation sites (N-methyl/N-ethyl adjacent to an activating group) is 1. The van der Waals surface area contributed by atoms with Gasteiger partial charge in [-0.05, 0) is 0 Å². The van der Waals surface area contributed by atoms with Crippen LogP contribution < -0.4 is 19.4 Å². The van der Waals surface area contributed by atoms with Gasteiger partial charge in [-0.2, -0.15) is 0 Å². The van der Waals surface area contributed by atoms with E-state index in [1.54, 1.807) is 12.1 Å². The fourth-order valence-electron chi connectivity index (χ4n) is 3.17. The summed E-state index contributed by atoms with van der Waals surface area (Å²) in [4.78, 5) is 12.7. The summed E-state index contributed by atoms with van der Waals surface area (Å²) in [6.07, 6.45) is 3.95. The number of rotatable bonds is 2. The Balaban J connectivity index is 1.73. The van der Waals surface area contributed by atoms with Gasteiger partial charge in [-0.25, -0.2) is 0 Å². The van der Waals surface area contributed by atoms with Crippen molar-refractivity contribution < 1.29 is 9.66 Å². The Morgan fingerprint density at radius 3 is 2.84 bits per heavy atom. The quantitative estimate of drug-likeness (QED) is 0.475. The molecule has 0 radical (unpaired) electrons. The number of nitrogens with one attached hydrogen (secondary N) is 1. The molecule has 7 heteroatoms. The molecule has 2 aliphatic heterocycles. The normalized spacial score (nSPS) is 20.2. The molecular weight excluding hydrogens is 385 g/mol. The zero-order valence-corrected chi connectivity index (χ0v) is 15.8. The van der Waals surface area contributed by atoms with Crippen LogP contribution in [-0.2, 0) is 0 Å². The third-order valence-corrected chi connectivity index (χ3v) is 7.39. The van der Waals surface area contributed by atoms with E-state index < -0.39 is 4.62 Å². The van der Waals surface area contributed by atoms with Crippen molar-refractivity contribution in [3.63, 3.8) is 0 Å². The summed E-state index contributed by atoms with van der Waals surface area (Å²) < 4.78 is 7.09. The van der Waals surface area contributed by atoms with Gasteiger partial charge in [-0.15, -0.1) is 0 Å². The van der Waals surface area contributed by atoms with Gasteiger partial charge < -0.3 is 0 Å². The van der Waals surface area contributed by atoms with Gasteiger partial charge in [-0.3, -0.25) is 0 Å². The first-order chi connectivity index (χ1) is 11.9. The van der Waals surface area contributed by atoms with Crippen LogP contribution in [0.2, 0.25) is 0 Å². The van der Waals surface area contributed by atoms with Crippen molar-refractivity contribution in [1.82, 2.24) is 0 Å². The second-order valence-corrected chi connectivity index (χ2v) is 8.67. The number of nitro benzene ring substituents is 1. The first-order valence-electron chi connectivity index (χ1n) is 7.85. The van der Waals surface area contributed by atoms with E-state index in [2.05, 4.69) is 29.3 Å². The number of hydrogen-bond acceptors (Lipinski definition) is 5. The van der Waals surface area contributed by atoms with E-state index in [0.717, 1.165) is 11.3 Å². The molecule has 2 aromatic rings. The Morgan fingerprint density at radius 2 is 2.12 bits per heavy atom. The molecule has 4 rings (SSSR count). The number of nitro groups is 1. The molecule has 2 aliphatic rings. The summed E-state index contributed by atoms with van der Waals surface area (Å²) in [7, 11) is 3.96. The number of anilines is 2. The minimum absolute atomic E-state index is 0.0480. The SMILES string of the molecule is CNc1cc2c(cc1C)N(C)C1(C=Cc3cc([N+](=O)[O-])ccc3O1)[Se]2. The second-order valence-electron chi connectivity index (χ2n) is 6.09. The van der Waals surface area contributed by atoms with Crippen LogP contribution in [-0.4, -0.2) is 38.6 Å². The molecule has 2 heterocycles. The zero-order valence-electron chi connectivity index (χ0n) is 14.1. The third-order valence-electron chi connectivity index (χ3n) is 4.59. The molecule has 128 valence electrons. The van der Waals surface area contributed by atoms with Gasteiger partial charge in [0.2, 0.25) is 0 Å². The predicted molar refractivity (Wildman–Crippen MR) is 100 cm³/mol. The van der Waals surface area contributed by atoms with Crippen molar-refractivity contribution in [2.45, 2.75) is 11.5 Å². The molecule has 0 aliphatic carbocycles. The van der Waals surface area contributed by atoms with Crippen LogP contribution in [0.4, 0.5) is 17.1 Å². The maximum absolute atomic E-state index is 11.0. The Hall–Kier alpha value is -2.50. The molecule has 6 nitrogen and oxygen atoms in total. The summed E-state index contributed by atoms with van der Waals surface area (Å²) in [6, 6.07) is 9.11. The van der Waals surface area contributed by atoms with Gasteiger partial charge in [0.25, 0.3) is 0 Å². The number of nitrogens with zero attached hydrogens (tertiary/aromatic N) is 2. The average molecular weight is 402 g/mol.